The maximum atomic E-state index is 14.5. The zero-order valence-corrected chi connectivity index (χ0v) is 32.1. The highest BCUT2D eigenvalue weighted by Crippen LogP contribution is 2.62. The summed E-state index contributed by atoms with van der Waals surface area (Å²) in [7, 11) is 0. The highest BCUT2D eigenvalue weighted by Gasteiger charge is 2.59. The second-order valence-corrected chi connectivity index (χ2v) is 16.1. The molecule has 1 aliphatic carbocycles. The smallest absolute Gasteiger partial charge is 0.327 e. The molecule has 0 bridgehead atoms. The van der Waals surface area contributed by atoms with Gasteiger partial charge in [-0.25, -0.2) is 4.79 Å². The van der Waals surface area contributed by atoms with Gasteiger partial charge in [-0.05, 0) is 66.3 Å². The fourth-order valence-electron chi connectivity index (χ4n) is 9.92. The predicted molar refractivity (Wildman–Crippen MR) is 215 cm³/mol. The summed E-state index contributed by atoms with van der Waals surface area (Å²) in [5.41, 5.74) is 2.65. The lowest BCUT2D eigenvalue weighted by atomic mass is 9.49. The van der Waals surface area contributed by atoms with E-state index < -0.39 is 77.7 Å². The van der Waals surface area contributed by atoms with Crippen LogP contribution < -0.4 is 15.0 Å². The monoisotopic (exact) mass is 812 g/mol. The lowest BCUT2D eigenvalue weighted by Gasteiger charge is -2.58. The molecule has 3 aromatic carbocycles. The van der Waals surface area contributed by atoms with Gasteiger partial charge in [0.1, 0.15) is 42.9 Å². The van der Waals surface area contributed by atoms with Crippen molar-refractivity contribution in [3.63, 3.8) is 0 Å². The third-order valence-corrected chi connectivity index (χ3v) is 13.0. The van der Waals surface area contributed by atoms with Crippen LogP contribution in [0.2, 0.25) is 0 Å². The van der Waals surface area contributed by atoms with Crippen LogP contribution in [0.1, 0.15) is 60.3 Å². The normalized spacial score (nSPS) is 31.0. The molecule has 59 heavy (non-hydrogen) atoms. The molecule has 4 aliphatic heterocycles. The van der Waals surface area contributed by atoms with E-state index in [2.05, 4.69) is 15.3 Å². The number of carbonyl (C=O) groups excluding carboxylic acids is 1. The number of fused-ring (bicyclic) bond motifs is 4. The Balaban J connectivity index is 1.22. The summed E-state index contributed by atoms with van der Waals surface area (Å²) in [5.74, 6) is -3.70. The summed E-state index contributed by atoms with van der Waals surface area (Å²) in [6.45, 7) is -0.122. The largest absolute Gasteiger partial charge is 0.508 e. The number of aromatic hydroxyl groups is 2. The number of carboxylic acid groups (broad SMARTS) is 1. The van der Waals surface area contributed by atoms with Gasteiger partial charge in [-0.15, -0.1) is 0 Å². The van der Waals surface area contributed by atoms with E-state index in [1.165, 1.54) is 30.4 Å². The number of ether oxygens (including phenoxy) is 2. The van der Waals surface area contributed by atoms with Crippen LogP contribution in [-0.2, 0) is 26.2 Å². The van der Waals surface area contributed by atoms with E-state index in [0.717, 1.165) is 29.0 Å². The van der Waals surface area contributed by atoms with Crippen LogP contribution in [0, 0.1) is 5.41 Å². The van der Waals surface area contributed by atoms with Crippen molar-refractivity contribution in [2.24, 2.45) is 15.4 Å². The Morgan fingerprint density at radius 1 is 0.983 bits per heavy atom. The standard InChI is InChI=1S/C43H48N4O12/c48-19-34-37(53)38(54)39(55)41(59-34)58-33-16-30-26(15-32(33)51)27(17-43-12-4-3-11-42(43,21-49)20-45-29-6-2-1-5-28(29)43)36(40(56)57)47(30)35(52)10-8-23-7-9-31(50)24(13-23)14-25-18-44-22-46-25/h1-2,5-10,13,15-16,18,27,34,36-39,41,45,48-51,53-55H,3-4,11-12,14,17,19-22H2,(H,56,57)/t27-,34+,36+,37+,38-,39+,41-,42-,43+/m0/s1. The van der Waals surface area contributed by atoms with Crippen molar-refractivity contribution in [3.05, 3.63) is 82.9 Å². The number of carbonyl (C=O) groups is 2. The highest BCUT2D eigenvalue weighted by molar-refractivity contribution is 6.32. The summed E-state index contributed by atoms with van der Waals surface area (Å²) in [5, 5.41) is 89.1. The first-order valence-corrected chi connectivity index (χ1v) is 19.8. The number of phenolic OH excluding ortho intramolecular Hbond substituents is 2. The topological polar surface area (TPSA) is 254 Å². The third-order valence-electron chi connectivity index (χ3n) is 13.0. The molecule has 5 aliphatic rings. The van der Waals surface area contributed by atoms with E-state index in [4.69, 9.17) is 9.47 Å². The molecule has 1 saturated heterocycles. The number of phenols is 2. The second-order valence-electron chi connectivity index (χ2n) is 16.1. The zero-order chi connectivity index (χ0) is 41.6. The average Bonchev–Trinajstić information content (AvgIpc) is 3.87. The second kappa shape index (κ2) is 16.0. The molecular weight excluding hydrogens is 764 g/mol. The number of benzene rings is 3. The summed E-state index contributed by atoms with van der Waals surface area (Å²) >= 11 is 0. The molecule has 4 heterocycles. The van der Waals surface area contributed by atoms with Gasteiger partial charge in [0.05, 0.1) is 24.6 Å². The first-order chi connectivity index (χ1) is 28.4. The minimum Gasteiger partial charge on any atom is -0.508 e. The summed E-state index contributed by atoms with van der Waals surface area (Å²) in [4.78, 5) is 37.7. The Bertz CT molecular complexity index is 2210. The maximum absolute atomic E-state index is 14.5. The number of amides is 1. The Morgan fingerprint density at radius 2 is 1.78 bits per heavy atom. The predicted octanol–water partition coefficient (Wildman–Crippen LogP) is 2.20. The lowest BCUT2D eigenvalue weighted by molar-refractivity contribution is -0.277. The Labute approximate surface area is 339 Å². The molecular formula is C43H48N4O12. The van der Waals surface area contributed by atoms with Gasteiger partial charge in [-0.1, -0.05) is 37.1 Å². The lowest BCUT2D eigenvalue weighted by Crippen LogP contribution is -2.60. The number of nitrogens with zero attached hydrogens (tertiary/aromatic N) is 3. The molecule has 16 nitrogen and oxygen atoms in total. The number of aliphatic hydroxyl groups excluding tert-OH is 5. The molecule has 1 amide bonds. The highest BCUT2D eigenvalue weighted by atomic mass is 16.7. The van der Waals surface area contributed by atoms with Crippen molar-refractivity contribution in [3.8, 4) is 17.2 Å². The van der Waals surface area contributed by atoms with Gasteiger partial charge >= 0.3 is 5.97 Å². The number of aliphatic carboxylic acids is 1. The van der Waals surface area contributed by atoms with Crippen molar-refractivity contribution in [1.29, 1.82) is 0 Å². The number of aliphatic imine (C=N–C) groups is 2. The van der Waals surface area contributed by atoms with Gasteiger partial charge in [-0.3, -0.25) is 19.7 Å². The number of carboxylic acids is 1. The van der Waals surface area contributed by atoms with E-state index >= 15 is 0 Å². The molecule has 0 aromatic heterocycles. The minimum absolute atomic E-state index is 0.0333. The van der Waals surface area contributed by atoms with E-state index in [9.17, 15) is 50.4 Å². The zero-order valence-electron chi connectivity index (χ0n) is 32.1. The fraction of sp³-hybridized carbons (Fsp3) is 0.442. The number of hydrogen-bond acceptors (Lipinski definition) is 14. The molecule has 0 unspecified atom stereocenters. The van der Waals surface area contributed by atoms with Crippen LogP contribution in [0.15, 0.2) is 70.7 Å². The van der Waals surface area contributed by atoms with Crippen LogP contribution in [0.3, 0.4) is 0 Å². The number of anilines is 2. The van der Waals surface area contributed by atoms with Crippen LogP contribution in [-0.4, -0.2) is 128 Å². The van der Waals surface area contributed by atoms with E-state index in [1.807, 2.05) is 24.3 Å². The molecule has 0 radical (unpaired) electrons. The first kappa shape index (κ1) is 40.4. The maximum Gasteiger partial charge on any atom is 0.327 e. The number of hydrogen-bond donors (Lipinski definition) is 9. The fourth-order valence-corrected chi connectivity index (χ4v) is 9.92. The van der Waals surface area contributed by atoms with E-state index in [1.54, 1.807) is 18.3 Å². The average molecular weight is 813 g/mol. The van der Waals surface area contributed by atoms with Crippen molar-refractivity contribution in [2.45, 2.75) is 86.6 Å². The van der Waals surface area contributed by atoms with Crippen molar-refractivity contribution < 1.29 is 59.9 Å². The molecule has 9 N–H and O–H groups in total. The van der Waals surface area contributed by atoms with E-state index in [-0.39, 0.29) is 30.2 Å². The molecule has 0 spiro atoms. The number of rotatable bonds is 11. The molecule has 9 atom stereocenters. The Hall–Kier alpha value is -5.36. The molecule has 312 valence electrons. The van der Waals surface area contributed by atoms with Gasteiger partial charge < -0.3 is 55.6 Å². The molecule has 16 heteroatoms. The first-order valence-electron chi connectivity index (χ1n) is 19.8. The van der Waals surface area contributed by atoms with Gasteiger partial charge in [0.15, 0.2) is 11.5 Å². The third kappa shape index (κ3) is 7.02. The van der Waals surface area contributed by atoms with Gasteiger partial charge in [0, 0.05) is 59.3 Å². The van der Waals surface area contributed by atoms with Crippen LogP contribution in [0.5, 0.6) is 17.2 Å². The van der Waals surface area contributed by atoms with Crippen LogP contribution in [0.25, 0.3) is 6.08 Å². The molecule has 8 rings (SSSR count). The Morgan fingerprint density at radius 3 is 2.53 bits per heavy atom. The molecule has 3 aromatic rings. The molecule has 1 saturated carbocycles. The van der Waals surface area contributed by atoms with Gasteiger partial charge in [-0.2, -0.15) is 0 Å². The van der Waals surface area contributed by atoms with Crippen molar-refractivity contribution >= 4 is 41.3 Å². The van der Waals surface area contributed by atoms with Crippen molar-refractivity contribution in [1.82, 2.24) is 0 Å². The number of aliphatic hydroxyl groups is 5. The number of para-hydroxylation sites is 1. The van der Waals surface area contributed by atoms with Crippen LogP contribution in [0.4, 0.5) is 11.4 Å². The number of nitrogens with one attached hydrogen (secondary N) is 1. The summed E-state index contributed by atoms with van der Waals surface area (Å²) in [6, 6.07) is 13.7. The summed E-state index contributed by atoms with van der Waals surface area (Å²) in [6.07, 6.45) is -0.370. The van der Waals surface area contributed by atoms with Crippen LogP contribution >= 0.6 is 0 Å². The van der Waals surface area contributed by atoms with Gasteiger partial charge in [0.25, 0.3) is 5.91 Å². The summed E-state index contributed by atoms with van der Waals surface area (Å²) < 4.78 is 11.4. The minimum atomic E-state index is -1.82. The van der Waals surface area contributed by atoms with Crippen molar-refractivity contribution in [2.75, 3.05) is 36.6 Å². The quantitative estimate of drug-likeness (QED) is 0.126. The molecule has 2 fully saturated rings. The Kier molecular flexibility index (Phi) is 11.0. The SMILES string of the molecule is O=C(O)[C@H]1[C@@H](C[C@@]23CCCC[C@@]2(CO)CNc2ccccc23)c2cc(O)c(O[C@H]3O[C@H](CO)[C@@H](O)[C@H](O)[C@H]3O)cc2N1C(=O)C=Cc1ccc(O)c(CC2=NCN=C2)c1. The van der Waals surface area contributed by atoms with Gasteiger partial charge in [0.2, 0.25) is 6.29 Å². The van der Waals surface area contributed by atoms with E-state index in [0.29, 0.717) is 54.9 Å².